The van der Waals surface area contributed by atoms with Gasteiger partial charge in [-0.25, -0.2) is 0 Å². The van der Waals surface area contributed by atoms with Crippen LogP contribution in [-0.4, -0.2) is 11.0 Å². The first-order valence-corrected chi connectivity index (χ1v) is 6.55. The zero-order chi connectivity index (χ0) is 11.8. The van der Waals surface area contributed by atoms with Crippen molar-refractivity contribution in [3.05, 3.63) is 57.8 Å². The van der Waals surface area contributed by atoms with Crippen LogP contribution in [0.5, 0.6) is 0 Å². The average molecular weight is 266 g/mol. The summed E-state index contributed by atoms with van der Waals surface area (Å²) in [5.74, 6) is 0. The summed E-state index contributed by atoms with van der Waals surface area (Å²) in [4.78, 5) is 0. The highest BCUT2D eigenvalue weighted by Gasteiger charge is 2.20. The number of hydrogen-bond donors (Lipinski definition) is 0. The fourth-order valence-electron chi connectivity index (χ4n) is 2.53. The Morgan fingerprint density at radius 3 is 2.88 bits per heavy atom. The summed E-state index contributed by atoms with van der Waals surface area (Å²) in [7, 11) is 0. The fraction of sp³-hybridized carbons (Fsp3) is 0.286. The number of fused-ring (bicyclic) bond motifs is 1. The van der Waals surface area contributed by atoms with Crippen molar-refractivity contribution in [2.75, 3.05) is 6.54 Å². The van der Waals surface area contributed by atoms with E-state index in [-0.39, 0.29) is 0 Å². The van der Waals surface area contributed by atoms with Crippen molar-refractivity contribution in [1.82, 2.24) is 4.42 Å². The molecule has 0 saturated heterocycles. The largest absolute Gasteiger partial charge is 0.285 e. The van der Waals surface area contributed by atoms with E-state index >= 15 is 0 Å². The van der Waals surface area contributed by atoms with Gasteiger partial charge in [-0.05, 0) is 41.7 Å². The van der Waals surface area contributed by atoms with E-state index in [1.165, 1.54) is 22.4 Å². The molecule has 0 saturated carbocycles. The van der Waals surface area contributed by atoms with Gasteiger partial charge in [0.2, 0.25) is 0 Å². The van der Waals surface area contributed by atoms with E-state index in [4.69, 9.17) is 23.4 Å². The molecule has 0 N–H and O–H groups in total. The number of hydrogen-bond acceptors (Lipinski definition) is 1. The van der Waals surface area contributed by atoms with E-state index in [0.29, 0.717) is 0 Å². The highest BCUT2D eigenvalue weighted by molar-refractivity contribution is 6.30. The minimum Gasteiger partial charge on any atom is -0.285 e. The second-order valence-corrected chi connectivity index (χ2v) is 5.35. The predicted octanol–water partition coefficient (Wildman–Crippen LogP) is 4.11. The van der Waals surface area contributed by atoms with Gasteiger partial charge in [0.25, 0.3) is 0 Å². The Morgan fingerprint density at radius 2 is 2.00 bits per heavy atom. The molecule has 0 amide bonds. The van der Waals surface area contributed by atoms with Crippen LogP contribution in [0.2, 0.25) is 5.02 Å². The van der Waals surface area contributed by atoms with Crippen LogP contribution < -0.4 is 0 Å². The maximum atomic E-state index is 6.26. The van der Waals surface area contributed by atoms with Crippen LogP contribution in [0.4, 0.5) is 0 Å². The van der Waals surface area contributed by atoms with Crippen LogP contribution in [0.3, 0.4) is 0 Å². The first-order chi connectivity index (χ1) is 8.24. The Kier molecular flexibility index (Phi) is 2.89. The van der Waals surface area contributed by atoms with Gasteiger partial charge in [-0.3, -0.25) is 4.42 Å². The van der Waals surface area contributed by atoms with Gasteiger partial charge in [0, 0.05) is 28.9 Å². The Labute approximate surface area is 111 Å². The lowest BCUT2D eigenvalue weighted by Crippen LogP contribution is -2.18. The van der Waals surface area contributed by atoms with Crippen LogP contribution in [0.25, 0.3) is 0 Å². The molecule has 1 aliphatic heterocycles. The van der Waals surface area contributed by atoms with E-state index in [9.17, 15) is 0 Å². The quantitative estimate of drug-likeness (QED) is 0.639. The normalized spacial score (nSPS) is 18.8. The summed E-state index contributed by atoms with van der Waals surface area (Å²) in [5, 5.41) is 0.821. The van der Waals surface area contributed by atoms with Crippen LogP contribution >= 0.6 is 23.4 Å². The number of halogens is 2. The molecular weight excluding hydrogens is 253 g/mol. The van der Waals surface area contributed by atoms with E-state index in [0.717, 1.165) is 30.8 Å². The molecule has 88 valence electrons. The van der Waals surface area contributed by atoms with Gasteiger partial charge < -0.3 is 0 Å². The molecule has 3 heteroatoms. The second kappa shape index (κ2) is 4.40. The lowest BCUT2D eigenvalue weighted by molar-refractivity contribution is 0.581. The van der Waals surface area contributed by atoms with Gasteiger partial charge >= 0.3 is 0 Å². The Morgan fingerprint density at radius 1 is 1.12 bits per heavy atom. The van der Waals surface area contributed by atoms with E-state index < -0.39 is 0 Å². The summed E-state index contributed by atoms with van der Waals surface area (Å²) in [6, 6.07) is 6.16. The number of rotatable bonds is 0. The van der Waals surface area contributed by atoms with Crippen molar-refractivity contribution < 1.29 is 0 Å². The van der Waals surface area contributed by atoms with Gasteiger partial charge in [0.05, 0.1) is 6.54 Å². The third-order valence-corrected chi connectivity index (χ3v) is 4.02. The molecule has 0 radical (unpaired) electrons. The van der Waals surface area contributed by atoms with Gasteiger partial charge in [0.1, 0.15) is 0 Å². The summed E-state index contributed by atoms with van der Waals surface area (Å²) in [5.41, 5.74) is 5.31. The molecule has 3 rings (SSSR count). The SMILES string of the molecule is Clc1ccc2c(c1)CCC1=C(C2)N(Cl)CC=C1. The zero-order valence-corrected chi connectivity index (χ0v) is 10.9. The van der Waals surface area contributed by atoms with E-state index in [1.54, 1.807) is 0 Å². The minimum atomic E-state index is 0.795. The molecule has 2 aliphatic rings. The minimum absolute atomic E-state index is 0.795. The molecule has 17 heavy (non-hydrogen) atoms. The molecule has 1 heterocycles. The van der Waals surface area contributed by atoms with Crippen molar-refractivity contribution in [2.45, 2.75) is 19.3 Å². The van der Waals surface area contributed by atoms with Crippen LogP contribution in [0.1, 0.15) is 17.5 Å². The maximum Gasteiger partial charge on any atom is 0.0529 e. The Hall–Kier alpha value is -0.920. The second-order valence-electron chi connectivity index (χ2n) is 4.51. The standard InChI is InChI=1S/C14H13Cl2N/c15-13-6-5-12-9-14-10(2-1-7-17(14)16)3-4-11(12)8-13/h1-2,5-6,8H,3-4,7,9H2. The summed E-state index contributed by atoms with van der Waals surface area (Å²) in [6.07, 6.45) is 7.33. The van der Waals surface area contributed by atoms with Crippen LogP contribution in [0.15, 0.2) is 41.6 Å². The maximum absolute atomic E-state index is 6.26. The molecule has 1 aromatic rings. The van der Waals surface area contributed by atoms with Crippen molar-refractivity contribution in [3.63, 3.8) is 0 Å². The molecule has 0 atom stereocenters. The number of aryl methyl sites for hydroxylation is 1. The number of allylic oxidation sites excluding steroid dienone is 3. The lowest BCUT2D eigenvalue weighted by Gasteiger charge is -2.23. The highest BCUT2D eigenvalue weighted by atomic mass is 35.5. The average Bonchev–Trinajstić information content (AvgIpc) is 2.49. The topological polar surface area (TPSA) is 3.24 Å². The van der Waals surface area contributed by atoms with E-state index in [2.05, 4.69) is 24.3 Å². The van der Waals surface area contributed by atoms with Crippen molar-refractivity contribution in [3.8, 4) is 0 Å². The Balaban J connectivity index is 2.02. The molecule has 0 aromatic heterocycles. The molecule has 0 fully saturated rings. The van der Waals surface area contributed by atoms with Crippen molar-refractivity contribution in [1.29, 1.82) is 0 Å². The summed E-state index contributed by atoms with van der Waals surface area (Å²) < 4.78 is 1.83. The molecule has 1 aliphatic carbocycles. The zero-order valence-electron chi connectivity index (χ0n) is 9.42. The lowest BCUT2D eigenvalue weighted by atomic mass is 10.0. The first kappa shape index (κ1) is 11.2. The molecule has 1 nitrogen and oxygen atoms in total. The van der Waals surface area contributed by atoms with Crippen molar-refractivity contribution >= 4 is 23.4 Å². The molecule has 0 bridgehead atoms. The fourth-order valence-corrected chi connectivity index (χ4v) is 2.97. The molecule has 0 unspecified atom stereocenters. The third kappa shape index (κ3) is 2.10. The highest BCUT2D eigenvalue weighted by Crippen LogP contribution is 2.32. The summed E-state index contributed by atoms with van der Waals surface area (Å²) >= 11 is 12.3. The number of nitrogens with zero attached hydrogens (tertiary/aromatic N) is 1. The van der Waals surface area contributed by atoms with Gasteiger partial charge in [0.15, 0.2) is 0 Å². The molecule has 1 aromatic carbocycles. The van der Waals surface area contributed by atoms with Gasteiger partial charge in [-0.2, -0.15) is 0 Å². The smallest absolute Gasteiger partial charge is 0.0529 e. The molecular formula is C14H13Cl2N. The van der Waals surface area contributed by atoms with Crippen LogP contribution in [0, 0.1) is 0 Å². The summed E-state index contributed by atoms with van der Waals surface area (Å²) in [6.45, 7) is 0.795. The van der Waals surface area contributed by atoms with E-state index in [1.807, 2.05) is 10.5 Å². The Bertz CT molecular complexity index is 517. The van der Waals surface area contributed by atoms with Gasteiger partial charge in [-0.1, -0.05) is 29.8 Å². The third-order valence-electron chi connectivity index (χ3n) is 3.44. The first-order valence-electron chi connectivity index (χ1n) is 5.83. The number of benzene rings is 1. The van der Waals surface area contributed by atoms with Gasteiger partial charge in [-0.15, -0.1) is 0 Å². The van der Waals surface area contributed by atoms with Crippen molar-refractivity contribution in [2.24, 2.45) is 0 Å². The molecule has 0 spiro atoms. The monoisotopic (exact) mass is 265 g/mol. The van der Waals surface area contributed by atoms with Crippen LogP contribution in [-0.2, 0) is 12.8 Å². The predicted molar refractivity (Wildman–Crippen MR) is 72.2 cm³/mol.